The molecule has 1 saturated carbocycles. The Labute approximate surface area is 233 Å². The number of nitrogens with two attached hydrogens (primary N) is 1. The van der Waals surface area contributed by atoms with Crippen LogP contribution in [0.3, 0.4) is 0 Å². The van der Waals surface area contributed by atoms with E-state index in [2.05, 4.69) is 31.2 Å². The van der Waals surface area contributed by atoms with Crippen LogP contribution in [-0.2, 0) is 21.6 Å². The average Bonchev–Trinajstić information content (AvgIpc) is 2.95. The Kier molecular flexibility index (Phi) is 10.3. The summed E-state index contributed by atoms with van der Waals surface area (Å²) >= 11 is 6.87. The van der Waals surface area contributed by atoms with E-state index in [0.29, 0.717) is 24.6 Å². The zero-order chi connectivity index (χ0) is 27.1. The number of hydrogen-bond donors (Lipinski definition) is 2. The highest BCUT2D eigenvalue weighted by molar-refractivity contribution is 6.33. The van der Waals surface area contributed by atoms with Crippen molar-refractivity contribution in [2.45, 2.75) is 82.8 Å². The molecular formula is C32H45ClN2O3. The van der Waals surface area contributed by atoms with Crippen LogP contribution < -0.4 is 5.73 Å². The van der Waals surface area contributed by atoms with E-state index in [1.54, 1.807) is 7.11 Å². The van der Waals surface area contributed by atoms with Crippen molar-refractivity contribution in [3.63, 3.8) is 0 Å². The number of amides is 1. The Hall–Kier alpha value is -1.92. The fourth-order valence-electron chi connectivity index (χ4n) is 6.52. The molecule has 2 aromatic rings. The van der Waals surface area contributed by atoms with Gasteiger partial charge in [-0.25, -0.2) is 0 Å². The molecule has 2 atom stereocenters. The topological polar surface area (TPSA) is 75.8 Å². The van der Waals surface area contributed by atoms with E-state index in [1.165, 1.54) is 5.56 Å². The maximum absolute atomic E-state index is 13.5. The number of benzene rings is 2. The van der Waals surface area contributed by atoms with Crippen LogP contribution in [0.5, 0.6) is 0 Å². The van der Waals surface area contributed by atoms with Gasteiger partial charge in [-0.2, -0.15) is 0 Å². The van der Waals surface area contributed by atoms with E-state index in [9.17, 15) is 9.90 Å². The average molecular weight is 541 g/mol. The van der Waals surface area contributed by atoms with Crippen LogP contribution in [0.4, 0.5) is 0 Å². The number of methoxy groups -OCH3 is 1. The number of carbonyl (C=O) groups excluding carboxylic acids is 1. The van der Waals surface area contributed by atoms with E-state index >= 15 is 0 Å². The smallest absolute Gasteiger partial charge is 0.225 e. The fourth-order valence-corrected chi connectivity index (χ4v) is 6.80. The van der Waals surface area contributed by atoms with Gasteiger partial charge >= 0.3 is 0 Å². The second kappa shape index (κ2) is 13.4. The van der Waals surface area contributed by atoms with Gasteiger partial charge in [0.15, 0.2) is 0 Å². The van der Waals surface area contributed by atoms with Gasteiger partial charge in [0.2, 0.25) is 5.91 Å². The van der Waals surface area contributed by atoms with Crippen molar-refractivity contribution in [1.82, 2.24) is 4.90 Å². The van der Waals surface area contributed by atoms with Crippen molar-refractivity contribution < 1.29 is 14.6 Å². The minimum absolute atomic E-state index is 0.0573. The van der Waals surface area contributed by atoms with E-state index in [-0.39, 0.29) is 23.8 Å². The Morgan fingerprint density at radius 1 is 1.13 bits per heavy atom. The van der Waals surface area contributed by atoms with Crippen LogP contribution in [0.1, 0.15) is 75.8 Å². The highest BCUT2D eigenvalue weighted by Gasteiger charge is 2.43. The van der Waals surface area contributed by atoms with Crippen molar-refractivity contribution in [3.05, 3.63) is 58.6 Å². The van der Waals surface area contributed by atoms with Crippen LogP contribution in [0.15, 0.2) is 42.5 Å². The Morgan fingerprint density at radius 2 is 1.89 bits per heavy atom. The Morgan fingerprint density at radius 3 is 2.63 bits per heavy atom. The molecule has 2 fully saturated rings. The Balaban J connectivity index is 1.68. The number of carbonyl (C=O) groups is 1. The highest BCUT2D eigenvalue weighted by atomic mass is 35.5. The molecule has 2 aromatic carbocycles. The molecule has 4 rings (SSSR count). The predicted octanol–water partition coefficient (Wildman–Crippen LogP) is 6.33. The van der Waals surface area contributed by atoms with Crippen molar-refractivity contribution in [1.29, 1.82) is 0 Å². The molecule has 0 radical (unpaired) electrons. The molecule has 208 valence electrons. The van der Waals surface area contributed by atoms with E-state index in [0.717, 1.165) is 81.0 Å². The number of halogens is 1. The molecule has 0 spiro atoms. The number of nitrogens with zero attached hydrogens (tertiary/aromatic N) is 1. The first kappa shape index (κ1) is 29.1. The lowest BCUT2D eigenvalue weighted by atomic mass is 9.71. The SMILES string of the molecule is CCc1cccc(-c2c(Cl)cccc2C(O)(CCCCOC)C2CCCN(C(=O)C3CCC(N)CC3)C2)c1. The van der Waals surface area contributed by atoms with E-state index < -0.39 is 5.60 Å². The summed E-state index contributed by atoms with van der Waals surface area (Å²) in [5.74, 6) is 0.229. The lowest BCUT2D eigenvalue weighted by molar-refractivity contribution is -0.142. The maximum Gasteiger partial charge on any atom is 0.225 e. The minimum atomic E-state index is -1.11. The summed E-state index contributed by atoms with van der Waals surface area (Å²) in [5, 5.41) is 13.3. The number of rotatable bonds is 10. The molecule has 1 amide bonds. The second-order valence-electron chi connectivity index (χ2n) is 11.3. The molecule has 1 aliphatic carbocycles. The zero-order valence-corrected chi connectivity index (χ0v) is 23.9. The summed E-state index contributed by atoms with van der Waals surface area (Å²) in [4.78, 5) is 15.6. The molecule has 2 aliphatic rings. The van der Waals surface area contributed by atoms with Gasteiger partial charge in [0.1, 0.15) is 0 Å². The van der Waals surface area contributed by atoms with Crippen LogP contribution in [0.25, 0.3) is 11.1 Å². The number of aliphatic hydroxyl groups is 1. The molecule has 0 aromatic heterocycles. The summed E-state index contributed by atoms with van der Waals surface area (Å²) in [7, 11) is 1.71. The number of hydrogen-bond acceptors (Lipinski definition) is 4. The van der Waals surface area contributed by atoms with Crippen molar-refractivity contribution in [2.75, 3.05) is 26.8 Å². The number of aryl methyl sites for hydroxylation is 1. The van der Waals surface area contributed by atoms with Crippen molar-refractivity contribution >= 4 is 17.5 Å². The summed E-state index contributed by atoms with van der Waals surface area (Å²) < 4.78 is 5.30. The lowest BCUT2D eigenvalue weighted by Gasteiger charge is -2.44. The van der Waals surface area contributed by atoms with Gasteiger partial charge in [-0.15, -0.1) is 0 Å². The molecule has 1 aliphatic heterocycles. The molecule has 3 N–H and O–H groups in total. The summed E-state index contributed by atoms with van der Waals surface area (Å²) in [6.45, 7) is 4.14. The van der Waals surface area contributed by atoms with Crippen LogP contribution in [0.2, 0.25) is 5.02 Å². The van der Waals surface area contributed by atoms with Gasteiger partial charge in [0, 0.05) is 55.3 Å². The van der Waals surface area contributed by atoms with Gasteiger partial charge in [0.05, 0.1) is 5.60 Å². The first-order valence-electron chi connectivity index (χ1n) is 14.5. The molecule has 2 unspecified atom stereocenters. The largest absolute Gasteiger partial charge is 0.385 e. The Bertz CT molecular complexity index is 1070. The molecule has 0 bridgehead atoms. The van der Waals surface area contributed by atoms with Gasteiger partial charge in [-0.3, -0.25) is 4.79 Å². The van der Waals surface area contributed by atoms with E-state index in [4.69, 9.17) is 22.1 Å². The van der Waals surface area contributed by atoms with Crippen LogP contribution in [-0.4, -0.2) is 48.8 Å². The third kappa shape index (κ3) is 6.62. The summed E-state index contributed by atoms with van der Waals surface area (Å²) in [6, 6.07) is 14.6. The molecule has 1 saturated heterocycles. The quantitative estimate of drug-likeness (QED) is 0.345. The van der Waals surface area contributed by atoms with Crippen molar-refractivity contribution in [3.8, 4) is 11.1 Å². The minimum Gasteiger partial charge on any atom is -0.385 e. The number of ether oxygens (including phenoxy) is 1. The highest BCUT2D eigenvalue weighted by Crippen LogP contribution is 2.46. The standard InChI is InChI=1S/C32H45ClN2O3/c1-3-23-9-6-10-25(21-23)30-28(12-7-13-29(30)33)32(37,18-4-5-20-38-2)26-11-8-19-35(22-26)31(36)24-14-16-27(34)17-15-24/h6-7,9-10,12-13,21,24,26-27,37H,3-5,8,11,14-20,22,34H2,1-2H3. The van der Waals surface area contributed by atoms with Gasteiger partial charge in [-0.1, -0.05) is 54.9 Å². The third-order valence-electron chi connectivity index (χ3n) is 8.79. The number of likely N-dealkylation sites (tertiary alicyclic amines) is 1. The number of unbranched alkanes of at least 4 members (excludes halogenated alkanes) is 1. The fraction of sp³-hybridized carbons (Fsp3) is 0.594. The van der Waals surface area contributed by atoms with Crippen LogP contribution in [0, 0.1) is 11.8 Å². The normalized spacial score (nSPS) is 23.7. The van der Waals surface area contributed by atoms with E-state index in [1.807, 2.05) is 23.1 Å². The first-order chi connectivity index (χ1) is 18.4. The maximum atomic E-state index is 13.5. The van der Waals surface area contributed by atoms with Gasteiger partial charge in [-0.05, 0) is 87.0 Å². The number of piperidine rings is 1. The molecule has 5 nitrogen and oxygen atoms in total. The summed E-state index contributed by atoms with van der Waals surface area (Å²) in [6.07, 6.45) is 8.57. The van der Waals surface area contributed by atoms with Gasteiger partial charge < -0.3 is 20.5 Å². The lowest BCUT2D eigenvalue weighted by Crippen LogP contribution is -2.50. The molecule has 6 heteroatoms. The van der Waals surface area contributed by atoms with Crippen molar-refractivity contribution in [2.24, 2.45) is 17.6 Å². The van der Waals surface area contributed by atoms with Gasteiger partial charge in [0.25, 0.3) is 0 Å². The predicted molar refractivity (Wildman–Crippen MR) is 155 cm³/mol. The van der Waals surface area contributed by atoms with Crippen LogP contribution >= 0.6 is 11.6 Å². The first-order valence-corrected chi connectivity index (χ1v) is 14.9. The third-order valence-corrected chi connectivity index (χ3v) is 9.10. The summed E-state index contributed by atoms with van der Waals surface area (Å²) in [5.41, 5.74) is 9.04. The molecule has 38 heavy (non-hydrogen) atoms. The second-order valence-corrected chi connectivity index (χ2v) is 11.7. The zero-order valence-electron chi connectivity index (χ0n) is 23.1. The molecule has 1 heterocycles. The monoisotopic (exact) mass is 540 g/mol. The molecular weight excluding hydrogens is 496 g/mol.